The fourth-order valence-corrected chi connectivity index (χ4v) is 2.64. The van der Waals surface area contributed by atoms with Crippen LogP contribution in [-0.4, -0.2) is 49.5 Å². The maximum atomic E-state index is 11.7. The molecule has 1 rings (SSSR count). The molecule has 0 saturated carbocycles. The van der Waals surface area contributed by atoms with Crippen LogP contribution >= 0.6 is 11.8 Å². The van der Waals surface area contributed by atoms with Crippen molar-refractivity contribution in [1.29, 1.82) is 0 Å². The molecule has 13 heavy (non-hydrogen) atoms. The quantitative estimate of drug-likeness (QED) is 0.717. The van der Waals surface area contributed by atoms with Gasteiger partial charge in [0.25, 0.3) is 0 Å². The molecule has 76 valence electrons. The summed E-state index contributed by atoms with van der Waals surface area (Å²) in [6.07, 6.45) is 1.06. The van der Waals surface area contributed by atoms with Crippen molar-refractivity contribution in [1.82, 2.24) is 10.2 Å². The number of thioether (sulfide) groups is 1. The number of carbonyl (C=O) groups excluding carboxylic acids is 1. The first-order valence-corrected chi connectivity index (χ1v) is 5.88. The fraction of sp³-hybridized carbons (Fsp3) is 0.889. The van der Waals surface area contributed by atoms with E-state index in [0.29, 0.717) is 5.91 Å². The molecule has 1 atom stereocenters. The van der Waals surface area contributed by atoms with Crippen LogP contribution in [-0.2, 0) is 4.79 Å². The minimum atomic E-state index is 0.284. The number of carbonyl (C=O) groups is 1. The van der Waals surface area contributed by atoms with Gasteiger partial charge < -0.3 is 10.2 Å². The summed E-state index contributed by atoms with van der Waals surface area (Å²) in [5.41, 5.74) is 0. The summed E-state index contributed by atoms with van der Waals surface area (Å²) in [4.78, 5) is 13.6. The third kappa shape index (κ3) is 3.19. The minimum Gasteiger partial charge on any atom is -0.344 e. The van der Waals surface area contributed by atoms with Gasteiger partial charge in [0.1, 0.15) is 0 Å². The lowest BCUT2D eigenvalue weighted by Gasteiger charge is -2.20. The molecule has 1 saturated heterocycles. The van der Waals surface area contributed by atoms with E-state index < -0.39 is 0 Å². The number of rotatable bonds is 4. The van der Waals surface area contributed by atoms with Crippen LogP contribution in [0.15, 0.2) is 0 Å². The van der Waals surface area contributed by atoms with Gasteiger partial charge in [-0.25, -0.2) is 0 Å². The van der Waals surface area contributed by atoms with Gasteiger partial charge in [-0.3, -0.25) is 4.79 Å². The highest BCUT2D eigenvalue weighted by Crippen LogP contribution is 2.24. The highest BCUT2D eigenvalue weighted by atomic mass is 32.2. The molecule has 1 unspecified atom stereocenters. The Morgan fingerprint density at radius 3 is 3.00 bits per heavy atom. The number of hydrogen-bond acceptors (Lipinski definition) is 3. The monoisotopic (exact) mass is 202 g/mol. The molecule has 3 nitrogen and oxygen atoms in total. The van der Waals surface area contributed by atoms with E-state index in [1.54, 1.807) is 0 Å². The second-order valence-electron chi connectivity index (χ2n) is 3.42. The van der Waals surface area contributed by atoms with Gasteiger partial charge in [-0.05, 0) is 19.2 Å². The Labute approximate surface area is 84.2 Å². The highest BCUT2D eigenvalue weighted by molar-refractivity contribution is 7.99. The van der Waals surface area contributed by atoms with Gasteiger partial charge in [-0.2, -0.15) is 11.8 Å². The lowest BCUT2D eigenvalue weighted by atomic mass is 10.1. The number of nitrogens with zero attached hydrogens (tertiary/aromatic N) is 1. The molecule has 1 aliphatic heterocycles. The molecule has 0 spiro atoms. The van der Waals surface area contributed by atoms with Gasteiger partial charge in [-0.1, -0.05) is 0 Å². The average molecular weight is 202 g/mol. The first-order valence-electron chi connectivity index (χ1n) is 4.73. The summed E-state index contributed by atoms with van der Waals surface area (Å²) >= 11 is 1.89. The van der Waals surface area contributed by atoms with E-state index in [0.717, 1.165) is 31.0 Å². The van der Waals surface area contributed by atoms with Crippen LogP contribution in [0.4, 0.5) is 0 Å². The van der Waals surface area contributed by atoms with Crippen LogP contribution < -0.4 is 5.32 Å². The maximum Gasteiger partial charge on any atom is 0.226 e. The lowest BCUT2D eigenvalue weighted by Crippen LogP contribution is -2.37. The third-order valence-electron chi connectivity index (χ3n) is 2.35. The molecular formula is C9H18N2OS. The van der Waals surface area contributed by atoms with Crippen molar-refractivity contribution < 1.29 is 4.79 Å². The zero-order valence-corrected chi connectivity index (χ0v) is 9.19. The molecule has 0 radical (unpaired) electrons. The molecule has 0 bridgehead atoms. The van der Waals surface area contributed by atoms with Gasteiger partial charge in [0, 0.05) is 31.8 Å². The van der Waals surface area contributed by atoms with Crippen molar-refractivity contribution in [3.05, 3.63) is 0 Å². The van der Waals surface area contributed by atoms with Crippen molar-refractivity contribution in [3.63, 3.8) is 0 Å². The first kappa shape index (κ1) is 10.9. The smallest absolute Gasteiger partial charge is 0.226 e. The van der Waals surface area contributed by atoms with Crippen molar-refractivity contribution in [3.8, 4) is 0 Å². The Morgan fingerprint density at radius 1 is 1.69 bits per heavy atom. The Bertz CT molecular complexity index is 169. The van der Waals surface area contributed by atoms with E-state index in [-0.39, 0.29) is 5.92 Å². The van der Waals surface area contributed by atoms with E-state index in [1.165, 1.54) is 0 Å². The van der Waals surface area contributed by atoms with Gasteiger partial charge in [0.05, 0.1) is 0 Å². The van der Waals surface area contributed by atoms with E-state index in [2.05, 4.69) is 5.32 Å². The largest absolute Gasteiger partial charge is 0.344 e. The van der Waals surface area contributed by atoms with Crippen LogP contribution in [0.3, 0.4) is 0 Å². The average Bonchev–Trinajstić information content (AvgIpc) is 2.65. The van der Waals surface area contributed by atoms with Crippen LogP contribution in [0, 0.1) is 5.92 Å². The predicted octanol–water partition coefficient (Wildman–Crippen LogP) is 0.417. The van der Waals surface area contributed by atoms with Gasteiger partial charge >= 0.3 is 0 Å². The Kier molecular flexibility index (Phi) is 4.59. The van der Waals surface area contributed by atoms with E-state index in [4.69, 9.17) is 0 Å². The Morgan fingerprint density at radius 2 is 2.46 bits per heavy atom. The van der Waals surface area contributed by atoms with Crippen LogP contribution in [0.5, 0.6) is 0 Å². The molecule has 0 aromatic heterocycles. The highest BCUT2D eigenvalue weighted by Gasteiger charge is 2.25. The van der Waals surface area contributed by atoms with Crippen LogP contribution in [0.25, 0.3) is 0 Å². The van der Waals surface area contributed by atoms with Crippen molar-refractivity contribution >= 4 is 17.7 Å². The Balaban J connectivity index is 2.28. The second-order valence-corrected chi connectivity index (χ2v) is 4.57. The van der Waals surface area contributed by atoms with Gasteiger partial charge in [0.15, 0.2) is 0 Å². The summed E-state index contributed by atoms with van der Waals surface area (Å²) in [5.74, 6) is 2.77. The zero-order valence-electron chi connectivity index (χ0n) is 8.38. The minimum absolute atomic E-state index is 0.284. The number of amides is 1. The number of likely N-dealkylation sites (N-methyl/N-ethyl adjacent to an activating group) is 2. The number of hydrogen-bond donors (Lipinski definition) is 1. The standard InChI is InChI=1S/C9H18N2OS/c1-10-4-5-11(2)9(12)8-3-6-13-7-8/h8,10H,3-7H2,1-2H3. The third-order valence-corrected chi connectivity index (χ3v) is 3.51. The van der Waals surface area contributed by atoms with E-state index in [1.807, 2.05) is 30.8 Å². The normalized spacial score (nSPS) is 21.8. The summed E-state index contributed by atoms with van der Waals surface area (Å²) < 4.78 is 0. The van der Waals surface area contributed by atoms with Crippen LogP contribution in [0.1, 0.15) is 6.42 Å². The molecule has 0 aromatic rings. The molecule has 4 heteroatoms. The lowest BCUT2D eigenvalue weighted by molar-refractivity contribution is -0.133. The molecule has 1 heterocycles. The van der Waals surface area contributed by atoms with Crippen LogP contribution in [0.2, 0.25) is 0 Å². The van der Waals surface area contributed by atoms with Gasteiger partial charge in [0.2, 0.25) is 5.91 Å². The molecule has 0 aliphatic carbocycles. The van der Waals surface area contributed by atoms with Crippen molar-refractivity contribution in [2.75, 3.05) is 38.7 Å². The molecule has 1 N–H and O–H groups in total. The molecule has 1 aliphatic rings. The van der Waals surface area contributed by atoms with Crippen molar-refractivity contribution in [2.45, 2.75) is 6.42 Å². The topological polar surface area (TPSA) is 32.3 Å². The molecule has 1 amide bonds. The van der Waals surface area contributed by atoms with Crippen molar-refractivity contribution in [2.24, 2.45) is 5.92 Å². The fourth-order valence-electron chi connectivity index (χ4n) is 1.43. The van der Waals surface area contributed by atoms with Gasteiger partial charge in [-0.15, -0.1) is 0 Å². The zero-order chi connectivity index (χ0) is 9.68. The molecule has 1 fully saturated rings. The summed E-state index contributed by atoms with van der Waals surface area (Å²) in [6, 6.07) is 0. The predicted molar refractivity (Wildman–Crippen MR) is 57.0 cm³/mol. The summed E-state index contributed by atoms with van der Waals surface area (Å²) in [7, 11) is 3.80. The first-order chi connectivity index (χ1) is 6.25. The summed E-state index contributed by atoms with van der Waals surface area (Å²) in [6.45, 7) is 1.69. The molecular weight excluding hydrogens is 184 g/mol. The Hall–Kier alpha value is -0.220. The van der Waals surface area contributed by atoms with E-state index >= 15 is 0 Å². The number of nitrogens with one attached hydrogen (secondary N) is 1. The molecule has 0 aromatic carbocycles. The summed E-state index contributed by atoms with van der Waals surface area (Å²) in [5, 5.41) is 3.04. The maximum absolute atomic E-state index is 11.7. The SMILES string of the molecule is CNCCN(C)C(=O)C1CCSC1. The second kappa shape index (κ2) is 5.50. The van der Waals surface area contributed by atoms with E-state index in [9.17, 15) is 4.79 Å².